The fourth-order valence-electron chi connectivity index (χ4n) is 5.73. The smallest absolute Gasteiger partial charge is 0.256 e. The maximum atomic E-state index is 13.8. The molecule has 1 atom stereocenters. The van der Waals surface area contributed by atoms with Gasteiger partial charge in [0, 0.05) is 42.7 Å². The van der Waals surface area contributed by atoms with Crippen LogP contribution in [-0.4, -0.2) is 49.9 Å². The van der Waals surface area contributed by atoms with Crippen LogP contribution in [0, 0.1) is 13.8 Å². The number of rotatable bonds is 3. The SMILES string of the molecule is Cc1cc(C(=O)N2CCCC2c2nnc3n2CCCCC3)c(C)n1-c1ccc2c(c1)OCCO2. The summed E-state index contributed by atoms with van der Waals surface area (Å²) in [4.78, 5) is 15.9. The molecule has 8 nitrogen and oxygen atoms in total. The van der Waals surface area contributed by atoms with E-state index in [1.807, 2.05) is 43.0 Å². The van der Waals surface area contributed by atoms with Crippen LogP contribution >= 0.6 is 0 Å². The van der Waals surface area contributed by atoms with Crippen molar-refractivity contribution < 1.29 is 14.3 Å². The van der Waals surface area contributed by atoms with Crippen LogP contribution in [-0.2, 0) is 13.0 Å². The molecule has 1 fully saturated rings. The molecule has 1 amide bonds. The van der Waals surface area contributed by atoms with Gasteiger partial charge in [-0.3, -0.25) is 4.79 Å². The van der Waals surface area contributed by atoms with Gasteiger partial charge in [-0.2, -0.15) is 0 Å². The van der Waals surface area contributed by atoms with Gasteiger partial charge < -0.3 is 23.5 Å². The summed E-state index contributed by atoms with van der Waals surface area (Å²) >= 11 is 0. The molecule has 8 heteroatoms. The molecule has 0 bridgehead atoms. The minimum absolute atomic E-state index is 0.0100. The number of carbonyl (C=O) groups is 1. The fourth-order valence-corrected chi connectivity index (χ4v) is 5.73. The molecular formula is C26H31N5O3. The molecule has 3 aromatic rings. The second-order valence-corrected chi connectivity index (χ2v) is 9.54. The summed E-state index contributed by atoms with van der Waals surface area (Å²) in [6.07, 6.45) is 6.43. The highest BCUT2D eigenvalue weighted by Crippen LogP contribution is 2.36. The van der Waals surface area contributed by atoms with Crippen LogP contribution in [0.25, 0.3) is 5.69 Å². The van der Waals surface area contributed by atoms with Crippen molar-refractivity contribution in [1.82, 2.24) is 24.2 Å². The van der Waals surface area contributed by atoms with Gasteiger partial charge in [0.25, 0.3) is 5.91 Å². The number of nitrogens with zero attached hydrogens (tertiary/aromatic N) is 5. The standard InChI is InChI=1S/C26H31N5O3/c1-17-15-20(18(2)31(17)19-9-10-22-23(16-19)34-14-13-33-22)26(32)29-12-6-7-21(29)25-28-27-24-8-4-3-5-11-30(24)25/h9-10,15-16,21H,3-8,11-14H2,1-2H3. The van der Waals surface area contributed by atoms with Crippen molar-refractivity contribution in [3.05, 3.63) is 52.9 Å². The van der Waals surface area contributed by atoms with E-state index in [-0.39, 0.29) is 11.9 Å². The first-order valence-corrected chi connectivity index (χ1v) is 12.4. The van der Waals surface area contributed by atoms with E-state index in [2.05, 4.69) is 19.3 Å². The first-order valence-electron chi connectivity index (χ1n) is 12.4. The van der Waals surface area contributed by atoms with Crippen molar-refractivity contribution >= 4 is 5.91 Å². The molecule has 0 spiro atoms. The Morgan fingerprint density at radius 1 is 0.971 bits per heavy atom. The van der Waals surface area contributed by atoms with Crippen molar-refractivity contribution in [3.8, 4) is 17.2 Å². The first-order chi connectivity index (χ1) is 16.6. The molecule has 34 heavy (non-hydrogen) atoms. The molecule has 1 unspecified atom stereocenters. The van der Waals surface area contributed by atoms with Gasteiger partial charge >= 0.3 is 0 Å². The lowest BCUT2D eigenvalue weighted by Gasteiger charge is -2.25. The van der Waals surface area contributed by atoms with Crippen molar-refractivity contribution in [1.29, 1.82) is 0 Å². The summed E-state index contributed by atoms with van der Waals surface area (Å²) in [5.41, 5.74) is 3.67. The van der Waals surface area contributed by atoms with Gasteiger partial charge in [-0.1, -0.05) is 6.42 Å². The molecule has 0 saturated carbocycles. The number of carbonyl (C=O) groups excluding carboxylic acids is 1. The van der Waals surface area contributed by atoms with E-state index in [0.29, 0.717) is 13.2 Å². The van der Waals surface area contributed by atoms with Gasteiger partial charge in [-0.05, 0) is 57.7 Å². The Bertz CT molecular complexity index is 1240. The van der Waals surface area contributed by atoms with Crippen LogP contribution in [0.1, 0.15) is 71.5 Å². The Hall–Kier alpha value is -3.29. The topological polar surface area (TPSA) is 74.4 Å². The van der Waals surface area contributed by atoms with Crippen LogP contribution < -0.4 is 9.47 Å². The number of hydrogen-bond acceptors (Lipinski definition) is 5. The summed E-state index contributed by atoms with van der Waals surface area (Å²) in [5, 5.41) is 9.06. The van der Waals surface area contributed by atoms with Crippen LogP contribution in [0.5, 0.6) is 11.5 Å². The van der Waals surface area contributed by atoms with Crippen molar-refractivity contribution in [2.75, 3.05) is 19.8 Å². The van der Waals surface area contributed by atoms with E-state index >= 15 is 0 Å². The number of ether oxygens (including phenoxy) is 2. The van der Waals surface area contributed by atoms with Crippen LogP contribution in [0.4, 0.5) is 0 Å². The van der Waals surface area contributed by atoms with Gasteiger partial charge in [0.15, 0.2) is 17.3 Å². The number of amides is 1. The van der Waals surface area contributed by atoms with Gasteiger partial charge in [0.05, 0.1) is 11.6 Å². The number of fused-ring (bicyclic) bond motifs is 2. The third kappa shape index (κ3) is 3.47. The molecule has 0 aliphatic carbocycles. The molecule has 5 heterocycles. The number of benzene rings is 1. The van der Waals surface area contributed by atoms with Crippen LogP contribution in [0.2, 0.25) is 0 Å². The van der Waals surface area contributed by atoms with Gasteiger partial charge in [-0.25, -0.2) is 0 Å². The molecule has 1 saturated heterocycles. The molecule has 6 rings (SSSR count). The largest absolute Gasteiger partial charge is 0.486 e. The molecule has 3 aliphatic heterocycles. The lowest BCUT2D eigenvalue weighted by atomic mass is 10.1. The highest BCUT2D eigenvalue weighted by Gasteiger charge is 2.36. The van der Waals surface area contributed by atoms with E-state index in [4.69, 9.17) is 9.47 Å². The van der Waals surface area contributed by atoms with Crippen molar-refractivity contribution in [2.24, 2.45) is 0 Å². The summed E-state index contributed by atoms with van der Waals surface area (Å²) in [7, 11) is 0. The molecule has 3 aliphatic rings. The van der Waals surface area contributed by atoms with Crippen LogP contribution in [0.15, 0.2) is 24.3 Å². The quantitative estimate of drug-likeness (QED) is 0.586. The van der Waals surface area contributed by atoms with E-state index in [9.17, 15) is 4.79 Å². The van der Waals surface area contributed by atoms with Crippen molar-refractivity contribution in [3.63, 3.8) is 0 Å². The molecule has 2 aromatic heterocycles. The first kappa shape index (κ1) is 21.3. The Morgan fingerprint density at radius 2 is 1.82 bits per heavy atom. The summed E-state index contributed by atoms with van der Waals surface area (Å²) in [5.74, 6) is 3.62. The summed E-state index contributed by atoms with van der Waals surface area (Å²) in [6.45, 7) is 6.88. The Labute approximate surface area is 199 Å². The third-order valence-corrected chi connectivity index (χ3v) is 7.40. The van der Waals surface area contributed by atoms with Gasteiger partial charge in [-0.15, -0.1) is 10.2 Å². The highest BCUT2D eigenvalue weighted by atomic mass is 16.6. The van der Waals surface area contributed by atoms with Gasteiger partial charge in [0.1, 0.15) is 19.0 Å². The average molecular weight is 462 g/mol. The predicted octanol–water partition coefficient (Wildman–Crippen LogP) is 4.16. The Morgan fingerprint density at radius 3 is 2.71 bits per heavy atom. The second-order valence-electron chi connectivity index (χ2n) is 9.54. The molecular weight excluding hydrogens is 430 g/mol. The van der Waals surface area contributed by atoms with E-state index in [1.165, 1.54) is 6.42 Å². The van der Waals surface area contributed by atoms with Crippen molar-refractivity contribution in [2.45, 2.75) is 65.0 Å². The summed E-state index contributed by atoms with van der Waals surface area (Å²) < 4.78 is 15.9. The normalized spacial score (nSPS) is 19.7. The number of likely N-dealkylation sites (tertiary alicyclic amines) is 1. The lowest BCUT2D eigenvalue weighted by molar-refractivity contribution is 0.0726. The average Bonchev–Trinajstić information content (AvgIpc) is 3.51. The zero-order chi connectivity index (χ0) is 23.2. The fraction of sp³-hybridized carbons (Fsp3) is 0.500. The predicted molar refractivity (Wildman–Crippen MR) is 127 cm³/mol. The minimum atomic E-state index is -0.0100. The lowest BCUT2D eigenvalue weighted by Crippen LogP contribution is -2.32. The zero-order valence-corrected chi connectivity index (χ0v) is 19.9. The van der Waals surface area contributed by atoms with E-state index in [0.717, 1.165) is 91.0 Å². The minimum Gasteiger partial charge on any atom is -0.486 e. The number of hydrogen-bond donors (Lipinski definition) is 0. The zero-order valence-electron chi connectivity index (χ0n) is 19.9. The van der Waals surface area contributed by atoms with Crippen LogP contribution in [0.3, 0.4) is 0 Å². The second kappa shape index (κ2) is 8.49. The number of aromatic nitrogens is 4. The number of aryl methyl sites for hydroxylation is 2. The Kier molecular flexibility index (Phi) is 5.31. The highest BCUT2D eigenvalue weighted by molar-refractivity contribution is 5.96. The van der Waals surface area contributed by atoms with Gasteiger partial charge in [0.2, 0.25) is 0 Å². The molecule has 0 N–H and O–H groups in total. The maximum Gasteiger partial charge on any atom is 0.256 e. The molecule has 0 radical (unpaired) electrons. The maximum absolute atomic E-state index is 13.8. The molecule has 1 aromatic carbocycles. The summed E-state index contributed by atoms with van der Waals surface area (Å²) in [6, 6.07) is 7.95. The molecule has 178 valence electrons. The monoisotopic (exact) mass is 461 g/mol. The third-order valence-electron chi connectivity index (χ3n) is 7.40. The Balaban J connectivity index is 1.32. The van der Waals surface area contributed by atoms with E-state index < -0.39 is 0 Å². The van der Waals surface area contributed by atoms with E-state index in [1.54, 1.807) is 0 Å².